The van der Waals surface area contributed by atoms with E-state index in [-0.39, 0.29) is 5.82 Å². The van der Waals surface area contributed by atoms with Crippen molar-refractivity contribution in [1.29, 1.82) is 0 Å². The molecule has 0 bridgehead atoms. The molecule has 1 aliphatic carbocycles. The molecule has 0 heterocycles. The van der Waals surface area contributed by atoms with Crippen LogP contribution < -0.4 is 5.32 Å². The smallest absolute Gasteiger partial charge is 0.126 e. The second-order valence-electron chi connectivity index (χ2n) is 4.16. The van der Waals surface area contributed by atoms with Crippen LogP contribution in [-0.4, -0.2) is 13.1 Å². The maximum atomic E-state index is 13.0. The summed E-state index contributed by atoms with van der Waals surface area (Å²) in [6.45, 7) is 1.83. The zero-order chi connectivity index (χ0) is 10.1. The second kappa shape index (κ2) is 3.70. The van der Waals surface area contributed by atoms with Gasteiger partial charge in [0.1, 0.15) is 5.82 Å². The van der Waals surface area contributed by atoms with E-state index in [1.165, 1.54) is 18.4 Å². The summed E-state index contributed by atoms with van der Waals surface area (Å²) in [7, 11) is 2.00. The standard InChI is InChI=1S/C12H16FN/c1-8-5-9(3-4-12(8)13)10-6-11(7-10)14-2/h3-5,10-11,14H,6-7H2,1-2H3. The van der Waals surface area contributed by atoms with E-state index in [0.717, 1.165) is 5.56 Å². The molecule has 1 aromatic rings. The second-order valence-corrected chi connectivity index (χ2v) is 4.16. The van der Waals surface area contributed by atoms with Crippen LogP contribution in [0, 0.1) is 12.7 Å². The van der Waals surface area contributed by atoms with E-state index in [2.05, 4.69) is 5.32 Å². The van der Waals surface area contributed by atoms with Crippen molar-refractivity contribution < 1.29 is 4.39 Å². The number of nitrogens with one attached hydrogen (secondary N) is 1. The molecule has 76 valence electrons. The molecule has 0 saturated heterocycles. The SMILES string of the molecule is CNC1CC(c2ccc(F)c(C)c2)C1. The molecular weight excluding hydrogens is 177 g/mol. The Bertz CT molecular complexity index is 329. The van der Waals surface area contributed by atoms with Gasteiger partial charge in [-0.1, -0.05) is 12.1 Å². The normalized spacial score (nSPS) is 25.9. The van der Waals surface area contributed by atoms with Crippen LogP contribution in [0.4, 0.5) is 4.39 Å². The highest BCUT2D eigenvalue weighted by atomic mass is 19.1. The van der Waals surface area contributed by atoms with Crippen molar-refractivity contribution in [1.82, 2.24) is 5.32 Å². The number of hydrogen-bond donors (Lipinski definition) is 1. The Labute approximate surface area is 84.3 Å². The fourth-order valence-electron chi connectivity index (χ4n) is 2.05. The van der Waals surface area contributed by atoms with Crippen molar-refractivity contribution in [3.63, 3.8) is 0 Å². The lowest BCUT2D eigenvalue weighted by atomic mass is 9.75. The fraction of sp³-hybridized carbons (Fsp3) is 0.500. The first-order valence-electron chi connectivity index (χ1n) is 5.14. The first-order valence-corrected chi connectivity index (χ1v) is 5.14. The average molecular weight is 193 g/mol. The maximum absolute atomic E-state index is 13.0. The van der Waals surface area contributed by atoms with Gasteiger partial charge in [-0.3, -0.25) is 0 Å². The summed E-state index contributed by atoms with van der Waals surface area (Å²) in [5.41, 5.74) is 2.05. The van der Waals surface area contributed by atoms with Gasteiger partial charge in [0.15, 0.2) is 0 Å². The quantitative estimate of drug-likeness (QED) is 0.761. The Hall–Kier alpha value is -0.890. The van der Waals surface area contributed by atoms with Crippen molar-refractivity contribution in [2.45, 2.75) is 31.7 Å². The molecule has 0 unspecified atom stereocenters. The van der Waals surface area contributed by atoms with E-state index in [0.29, 0.717) is 12.0 Å². The van der Waals surface area contributed by atoms with Gasteiger partial charge in [-0.25, -0.2) is 4.39 Å². The van der Waals surface area contributed by atoms with E-state index >= 15 is 0 Å². The minimum Gasteiger partial charge on any atom is -0.317 e. The minimum absolute atomic E-state index is 0.0989. The van der Waals surface area contributed by atoms with Gasteiger partial charge in [0.05, 0.1) is 0 Å². The molecule has 2 rings (SSSR count). The first kappa shape index (κ1) is 9.66. The molecule has 1 aromatic carbocycles. The highest BCUT2D eigenvalue weighted by molar-refractivity contribution is 5.28. The van der Waals surface area contributed by atoms with Crippen LogP contribution in [0.2, 0.25) is 0 Å². The van der Waals surface area contributed by atoms with Crippen molar-refractivity contribution in [3.05, 3.63) is 35.1 Å². The third kappa shape index (κ3) is 1.67. The molecule has 0 radical (unpaired) electrons. The molecule has 1 N–H and O–H groups in total. The Kier molecular flexibility index (Phi) is 2.55. The summed E-state index contributed by atoms with van der Waals surface area (Å²) < 4.78 is 13.0. The molecule has 0 atom stereocenters. The average Bonchev–Trinajstić information content (AvgIpc) is 2.09. The van der Waals surface area contributed by atoms with Crippen LogP contribution in [0.5, 0.6) is 0 Å². The zero-order valence-corrected chi connectivity index (χ0v) is 8.68. The number of halogens is 1. The van der Waals surface area contributed by atoms with Gasteiger partial charge >= 0.3 is 0 Å². The van der Waals surface area contributed by atoms with Crippen molar-refractivity contribution in [2.75, 3.05) is 7.05 Å². The molecular formula is C12H16FN. The van der Waals surface area contributed by atoms with Crippen LogP contribution in [-0.2, 0) is 0 Å². The molecule has 0 spiro atoms. The third-order valence-corrected chi connectivity index (χ3v) is 3.20. The summed E-state index contributed by atoms with van der Waals surface area (Å²) in [6, 6.07) is 6.13. The van der Waals surface area contributed by atoms with Crippen LogP contribution >= 0.6 is 0 Å². The molecule has 0 amide bonds. The van der Waals surface area contributed by atoms with Gasteiger partial charge in [-0.2, -0.15) is 0 Å². The van der Waals surface area contributed by atoms with Gasteiger partial charge in [0, 0.05) is 6.04 Å². The lowest BCUT2D eigenvalue weighted by Crippen LogP contribution is -2.37. The van der Waals surface area contributed by atoms with Crippen LogP contribution in [0.15, 0.2) is 18.2 Å². The van der Waals surface area contributed by atoms with Gasteiger partial charge in [0.2, 0.25) is 0 Å². The van der Waals surface area contributed by atoms with Crippen LogP contribution in [0.3, 0.4) is 0 Å². The zero-order valence-electron chi connectivity index (χ0n) is 8.68. The van der Waals surface area contributed by atoms with Crippen molar-refractivity contribution >= 4 is 0 Å². The molecule has 1 nitrogen and oxygen atoms in total. The summed E-state index contributed by atoms with van der Waals surface area (Å²) in [6.07, 6.45) is 2.36. The molecule has 2 heteroatoms. The number of hydrogen-bond acceptors (Lipinski definition) is 1. The van der Waals surface area contributed by atoms with E-state index < -0.39 is 0 Å². The number of aryl methyl sites for hydroxylation is 1. The highest BCUT2D eigenvalue weighted by Crippen LogP contribution is 2.37. The molecule has 14 heavy (non-hydrogen) atoms. The van der Waals surface area contributed by atoms with E-state index in [4.69, 9.17) is 0 Å². The van der Waals surface area contributed by atoms with Gasteiger partial charge < -0.3 is 5.32 Å². The van der Waals surface area contributed by atoms with Crippen LogP contribution in [0.25, 0.3) is 0 Å². The summed E-state index contributed by atoms with van der Waals surface area (Å²) in [4.78, 5) is 0. The van der Waals surface area contributed by atoms with Crippen molar-refractivity contribution in [2.24, 2.45) is 0 Å². The monoisotopic (exact) mass is 193 g/mol. The highest BCUT2D eigenvalue weighted by Gasteiger charge is 2.28. The van der Waals surface area contributed by atoms with Crippen LogP contribution in [0.1, 0.15) is 29.9 Å². The first-order chi connectivity index (χ1) is 6.70. The summed E-state index contributed by atoms with van der Waals surface area (Å²) >= 11 is 0. The predicted molar refractivity (Wildman–Crippen MR) is 56.0 cm³/mol. The van der Waals surface area contributed by atoms with E-state index in [1.807, 2.05) is 26.1 Å². The molecule has 1 saturated carbocycles. The Morgan fingerprint density at radius 3 is 2.64 bits per heavy atom. The maximum Gasteiger partial charge on any atom is 0.126 e. The minimum atomic E-state index is -0.0989. The fourth-order valence-corrected chi connectivity index (χ4v) is 2.05. The van der Waals surface area contributed by atoms with Gasteiger partial charge in [0.25, 0.3) is 0 Å². The predicted octanol–water partition coefficient (Wildman–Crippen LogP) is 2.60. The Balaban J connectivity index is 2.08. The number of rotatable bonds is 2. The Morgan fingerprint density at radius 2 is 2.07 bits per heavy atom. The topological polar surface area (TPSA) is 12.0 Å². The third-order valence-electron chi connectivity index (χ3n) is 3.20. The molecule has 0 aliphatic heterocycles. The van der Waals surface area contributed by atoms with E-state index in [1.54, 1.807) is 6.07 Å². The summed E-state index contributed by atoms with van der Waals surface area (Å²) in [5, 5.41) is 3.25. The molecule has 1 fully saturated rings. The Morgan fingerprint density at radius 1 is 1.36 bits per heavy atom. The molecule has 0 aromatic heterocycles. The number of benzene rings is 1. The van der Waals surface area contributed by atoms with E-state index in [9.17, 15) is 4.39 Å². The van der Waals surface area contributed by atoms with Crippen molar-refractivity contribution in [3.8, 4) is 0 Å². The lowest BCUT2D eigenvalue weighted by Gasteiger charge is -2.35. The van der Waals surface area contributed by atoms with Gasteiger partial charge in [-0.05, 0) is 49.9 Å². The summed E-state index contributed by atoms with van der Waals surface area (Å²) in [5.74, 6) is 0.532. The largest absolute Gasteiger partial charge is 0.317 e. The lowest BCUT2D eigenvalue weighted by molar-refractivity contribution is 0.307. The molecule has 1 aliphatic rings. The van der Waals surface area contributed by atoms with Gasteiger partial charge in [-0.15, -0.1) is 0 Å².